The van der Waals surface area contributed by atoms with Crippen LogP contribution in [0.5, 0.6) is 5.88 Å². The number of hydrogen-bond donors (Lipinski definition) is 2. The van der Waals surface area contributed by atoms with E-state index in [4.69, 9.17) is 9.47 Å². The number of aliphatic hydroxyl groups is 2. The van der Waals surface area contributed by atoms with Crippen LogP contribution in [-0.2, 0) is 11.3 Å². The Bertz CT molecular complexity index is 986. The van der Waals surface area contributed by atoms with Crippen molar-refractivity contribution in [3.63, 3.8) is 0 Å². The Hall–Kier alpha value is -2.55. The van der Waals surface area contributed by atoms with Gasteiger partial charge in [-0.25, -0.2) is 9.97 Å². The van der Waals surface area contributed by atoms with Crippen LogP contribution >= 0.6 is 0 Å². The van der Waals surface area contributed by atoms with Gasteiger partial charge in [-0.1, -0.05) is 24.3 Å². The summed E-state index contributed by atoms with van der Waals surface area (Å²) in [7, 11) is 0. The highest BCUT2D eigenvalue weighted by Crippen LogP contribution is 2.40. The minimum atomic E-state index is -1.06. The van der Waals surface area contributed by atoms with Gasteiger partial charge in [0.15, 0.2) is 17.4 Å². The van der Waals surface area contributed by atoms with Crippen molar-refractivity contribution in [1.82, 2.24) is 19.5 Å². The molecule has 4 atom stereocenters. The normalized spacial score (nSPS) is 27.4. The molecule has 2 N–H and O–H groups in total. The van der Waals surface area contributed by atoms with Crippen molar-refractivity contribution in [2.75, 3.05) is 0 Å². The fraction of sp³-hybridized carbons (Fsp3) is 0.450. The van der Waals surface area contributed by atoms with Crippen molar-refractivity contribution in [3.8, 4) is 5.88 Å². The third-order valence-corrected chi connectivity index (χ3v) is 5.48. The first-order valence-electron chi connectivity index (χ1n) is 9.52. The Morgan fingerprint density at radius 1 is 1.11 bits per heavy atom. The minimum Gasteiger partial charge on any atom is -0.471 e. The lowest BCUT2D eigenvalue weighted by atomic mass is 10.1. The van der Waals surface area contributed by atoms with E-state index in [1.165, 1.54) is 31.1 Å². The van der Waals surface area contributed by atoms with E-state index in [2.05, 4.69) is 39.2 Å². The van der Waals surface area contributed by atoms with Gasteiger partial charge in [-0.2, -0.15) is 4.98 Å². The first-order valence-corrected chi connectivity index (χ1v) is 9.52. The first-order chi connectivity index (χ1) is 13.6. The van der Waals surface area contributed by atoms with Crippen LogP contribution in [0.1, 0.15) is 43.0 Å². The van der Waals surface area contributed by atoms with Crippen LogP contribution in [-0.4, -0.2) is 48.0 Å². The molecule has 3 aromatic rings. The van der Waals surface area contributed by atoms with Crippen LogP contribution in [0.2, 0.25) is 0 Å². The molecular weight excluding hydrogens is 360 g/mol. The van der Waals surface area contributed by atoms with Gasteiger partial charge in [-0.05, 0) is 36.8 Å². The zero-order valence-electron chi connectivity index (χ0n) is 15.5. The van der Waals surface area contributed by atoms with Crippen LogP contribution in [0.4, 0.5) is 0 Å². The van der Waals surface area contributed by atoms with E-state index in [0.717, 1.165) is 11.5 Å². The molecule has 146 valence electrons. The van der Waals surface area contributed by atoms with Gasteiger partial charge < -0.3 is 19.7 Å². The van der Waals surface area contributed by atoms with E-state index in [1.54, 1.807) is 11.5 Å². The summed E-state index contributed by atoms with van der Waals surface area (Å²) in [6.07, 6.45) is 2.23. The molecule has 5 rings (SSSR count). The van der Waals surface area contributed by atoms with Crippen molar-refractivity contribution in [2.24, 2.45) is 0 Å². The lowest BCUT2D eigenvalue weighted by Gasteiger charge is -2.16. The summed E-state index contributed by atoms with van der Waals surface area (Å²) < 4.78 is 13.2. The second-order valence-electron chi connectivity index (χ2n) is 7.52. The molecule has 1 aliphatic heterocycles. The predicted molar refractivity (Wildman–Crippen MR) is 99.7 cm³/mol. The Balaban J connectivity index is 1.36. The van der Waals surface area contributed by atoms with Crippen molar-refractivity contribution in [1.29, 1.82) is 0 Å². The van der Waals surface area contributed by atoms with Gasteiger partial charge in [0.25, 0.3) is 0 Å². The van der Waals surface area contributed by atoms with E-state index in [-0.39, 0.29) is 0 Å². The zero-order chi connectivity index (χ0) is 19.3. The average molecular weight is 382 g/mol. The molecule has 0 spiro atoms. The third-order valence-electron chi connectivity index (χ3n) is 5.48. The molecule has 3 heterocycles. The molecule has 0 bridgehead atoms. The standard InChI is InChI=1S/C20H22N4O4/c1-11-16(25)17(26)20(28-11)24-10-23-15-18(24)21-9-22-19(15)27-8-12-2-4-13(5-3-12)14-6-7-14/h2-5,9-11,14,16-17,20,25-26H,6-8H2,1H3/t11-,16-,17-,20-/m1/s1. The summed E-state index contributed by atoms with van der Waals surface area (Å²) in [5.74, 6) is 1.10. The summed E-state index contributed by atoms with van der Waals surface area (Å²) in [5.41, 5.74) is 3.42. The van der Waals surface area contributed by atoms with Crippen LogP contribution in [0.3, 0.4) is 0 Å². The maximum atomic E-state index is 10.2. The smallest absolute Gasteiger partial charge is 0.245 e. The Labute approximate surface area is 161 Å². The van der Waals surface area contributed by atoms with E-state index < -0.39 is 24.5 Å². The first kappa shape index (κ1) is 17.5. The molecule has 28 heavy (non-hydrogen) atoms. The average Bonchev–Trinajstić information content (AvgIpc) is 3.43. The number of rotatable bonds is 5. The molecule has 0 amide bonds. The maximum absolute atomic E-state index is 10.2. The van der Waals surface area contributed by atoms with Crippen LogP contribution in [0.15, 0.2) is 36.9 Å². The second kappa shape index (κ2) is 6.80. The lowest BCUT2D eigenvalue weighted by Crippen LogP contribution is -2.30. The molecule has 2 fully saturated rings. The van der Waals surface area contributed by atoms with E-state index in [9.17, 15) is 10.2 Å². The number of ether oxygens (including phenoxy) is 2. The molecule has 8 heteroatoms. The summed E-state index contributed by atoms with van der Waals surface area (Å²) >= 11 is 0. The van der Waals surface area contributed by atoms with Gasteiger partial charge in [0, 0.05) is 0 Å². The van der Waals surface area contributed by atoms with Crippen molar-refractivity contribution < 1.29 is 19.7 Å². The summed E-state index contributed by atoms with van der Waals surface area (Å²) in [6.45, 7) is 2.09. The fourth-order valence-electron chi connectivity index (χ4n) is 3.63. The van der Waals surface area contributed by atoms with Gasteiger partial charge in [-0.15, -0.1) is 0 Å². The minimum absolute atomic E-state index is 0.371. The molecule has 2 aromatic heterocycles. The quantitative estimate of drug-likeness (QED) is 0.695. The van der Waals surface area contributed by atoms with Crippen LogP contribution in [0, 0.1) is 0 Å². The molecule has 1 saturated heterocycles. The van der Waals surface area contributed by atoms with Gasteiger partial charge in [0.1, 0.15) is 25.1 Å². The number of fused-ring (bicyclic) bond motifs is 1. The number of aliphatic hydroxyl groups excluding tert-OH is 2. The van der Waals surface area contributed by atoms with Crippen molar-refractivity contribution in [3.05, 3.63) is 48.0 Å². The van der Waals surface area contributed by atoms with Gasteiger partial charge in [0.2, 0.25) is 5.88 Å². The molecule has 1 aliphatic carbocycles. The molecule has 0 unspecified atom stereocenters. The molecule has 0 radical (unpaired) electrons. The lowest BCUT2D eigenvalue weighted by molar-refractivity contribution is -0.0299. The topological polar surface area (TPSA) is 103 Å². The van der Waals surface area contributed by atoms with Crippen molar-refractivity contribution >= 4 is 11.2 Å². The fourth-order valence-corrected chi connectivity index (χ4v) is 3.63. The van der Waals surface area contributed by atoms with Crippen LogP contribution in [0.25, 0.3) is 11.2 Å². The predicted octanol–water partition coefficient (Wildman–Crippen LogP) is 1.92. The van der Waals surface area contributed by atoms with E-state index >= 15 is 0 Å². The number of nitrogens with zero attached hydrogens (tertiary/aromatic N) is 4. The van der Waals surface area contributed by atoms with Gasteiger partial charge in [-0.3, -0.25) is 4.57 Å². The van der Waals surface area contributed by atoms with E-state index in [1.807, 2.05) is 0 Å². The summed E-state index contributed by atoms with van der Waals surface area (Å²) in [5, 5.41) is 20.2. The summed E-state index contributed by atoms with van der Waals surface area (Å²) in [6, 6.07) is 8.48. The highest BCUT2D eigenvalue weighted by Gasteiger charge is 2.42. The van der Waals surface area contributed by atoms with Gasteiger partial charge in [0.05, 0.1) is 12.4 Å². The van der Waals surface area contributed by atoms with Crippen molar-refractivity contribution in [2.45, 2.75) is 56.8 Å². The highest BCUT2D eigenvalue weighted by atomic mass is 16.6. The molecule has 1 aromatic carbocycles. The Morgan fingerprint density at radius 3 is 2.57 bits per heavy atom. The molecule has 8 nitrogen and oxygen atoms in total. The number of imidazole rings is 1. The zero-order valence-corrected chi connectivity index (χ0v) is 15.5. The molecule has 1 saturated carbocycles. The highest BCUT2D eigenvalue weighted by molar-refractivity contribution is 5.76. The monoisotopic (exact) mass is 382 g/mol. The number of hydrogen-bond acceptors (Lipinski definition) is 7. The maximum Gasteiger partial charge on any atom is 0.245 e. The Kier molecular flexibility index (Phi) is 4.26. The summed E-state index contributed by atoms with van der Waals surface area (Å²) in [4.78, 5) is 12.8. The second-order valence-corrected chi connectivity index (χ2v) is 7.52. The third kappa shape index (κ3) is 3.03. The molecular formula is C20H22N4O4. The SMILES string of the molecule is C[C@H]1O[C@@H](n2cnc3c(OCc4ccc(C5CC5)cc4)ncnc32)[C@H](O)[C@@H]1O. The number of benzene rings is 1. The van der Waals surface area contributed by atoms with Gasteiger partial charge >= 0.3 is 0 Å². The van der Waals surface area contributed by atoms with Crippen LogP contribution < -0.4 is 4.74 Å². The van der Waals surface area contributed by atoms with E-state index in [0.29, 0.717) is 23.7 Å². The Morgan fingerprint density at radius 2 is 1.89 bits per heavy atom. The molecule has 2 aliphatic rings. The number of aromatic nitrogens is 4. The largest absolute Gasteiger partial charge is 0.471 e.